The van der Waals surface area contributed by atoms with Crippen LogP contribution in [0.1, 0.15) is 17.2 Å². The van der Waals surface area contributed by atoms with E-state index in [4.69, 9.17) is 17.0 Å². The second-order valence-electron chi connectivity index (χ2n) is 5.42. The van der Waals surface area contributed by atoms with Gasteiger partial charge in [-0.25, -0.2) is 0 Å². The van der Waals surface area contributed by atoms with Gasteiger partial charge in [-0.3, -0.25) is 14.8 Å². The largest absolute Gasteiger partial charge is 0.497 e. The first-order valence-electron chi connectivity index (χ1n) is 7.28. The molecule has 0 aliphatic heterocycles. The van der Waals surface area contributed by atoms with Crippen LogP contribution in [0.3, 0.4) is 0 Å². The Bertz CT molecular complexity index is 824. The molecule has 128 valence electrons. The average Bonchev–Trinajstić information content (AvgIpc) is 2.53. The van der Waals surface area contributed by atoms with Gasteiger partial charge < -0.3 is 19.7 Å². The minimum atomic E-state index is -0.481. The summed E-state index contributed by atoms with van der Waals surface area (Å²) in [5.41, 5.74) is 0.644. The summed E-state index contributed by atoms with van der Waals surface area (Å²) < 4.78 is 5.23. The van der Waals surface area contributed by atoms with E-state index >= 15 is 0 Å². The number of aromatic hydroxyl groups is 1. The van der Waals surface area contributed by atoms with E-state index in [1.807, 2.05) is 43.3 Å². The number of methoxy groups -OCH3 is 1. The van der Waals surface area contributed by atoms with Gasteiger partial charge in [-0.05, 0) is 44.0 Å². The number of aromatic amines is 2. The summed E-state index contributed by atoms with van der Waals surface area (Å²) in [5, 5.41) is 9.76. The molecule has 1 heterocycles. The summed E-state index contributed by atoms with van der Waals surface area (Å²) in [4.78, 5) is 23.0. The molecule has 0 bridgehead atoms. The molecule has 0 spiro atoms. The van der Waals surface area contributed by atoms with Crippen molar-refractivity contribution in [1.82, 2.24) is 14.9 Å². The SMILES string of the molecule is COc1ccc(C(CN=Cc2c(O)[nH]c(=S)[nH]c2=O)N(C)C)cc1. The smallest absolute Gasteiger partial charge is 0.264 e. The average molecular weight is 348 g/mol. The van der Waals surface area contributed by atoms with Crippen molar-refractivity contribution >= 4 is 18.4 Å². The van der Waals surface area contributed by atoms with Gasteiger partial charge in [0.05, 0.1) is 19.7 Å². The Morgan fingerprint density at radius 2 is 2.00 bits per heavy atom. The van der Waals surface area contributed by atoms with Crippen LogP contribution in [0, 0.1) is 4.77 Å². The number of nitrogens with zero attached hydrogens (tertiary/aromatic N) is 2. The molecule has 8 heteroatoms. The normalized spacial score (nSPS) is 12.7. The lowest BCUT2D eigenvalue weighted by molar-refractivity contribution is 0.306. The van der Waals surface area contributed by atoms with E-state index < -0.39 is 5.56 Å². The van der Waals surface area contributed by atoms with Gasteiger partial charge in [0, 0.05) is 6.21 Å². The number of benzene rings is 1. The number of H-pyrrole nitrogens is 2. The topological polar surface area (TPSA) is 93.7 Å². The Hall–Kier alpha value is -2.45. The molecule has 0 fully saturated rings. The molecule has 0 saturated heterocycles. The zero-order chi connectivity index (χ0) is 17.7. The van der Waals surface area contributed by atoms with Crippen molar-refractivity contribution in [1.29, 1.82) is 0 Å². The second kappa shape index (κ2) is 7.89. The Labute approximate surface area is 144 Å². The van der Waals surface area contributed by atoms with Crippen molar-refractivity contribution in [3.8, 4) is 11.6 Å². The van der Waals surface area contributed by atoms with Crippen LogP contribution in [0.4, 0.5) is 0 Å². The Balaban J connectivity index is 2.20. The van der Waals surface area contributed by atoms with Crippen molar-refractivity contribution < 1.29 is 9.84 Å². The molecule has 0 saturated carbocycles. The fourth-order valence-corrected chi connectivity index (χ4v) is 2.43. The molecule has 0 amide bonds. The minimum absolute atomic E-state index is 0.0237. The van der Waals surface area contributed by atoms with Crippen molar-refractivity contribution in [3.63, 3.8) is 0 Å². The number of aromatic nitrogens is 2. The monoisotopic (exact) mass is 348 g/mol. The molecule has 7 nitrogen and oxygen atoms in total. The highest BCUT2D eigenvalue weighted by Crippen LogP contribution is 2.21. The third-order valence-corrected chi connectivity index (χ3v) is 3.79. The van der Waals surface area contributed by atoms with Crippen LogP contribution < -0.4 is 10.3 Å². The number of rotatable bonds is 6. The summed E-state index contributed by atoms with van der Waals surface area (Å²) in [7, 11) is 5.53. The van der Waals surface area contributed by atoms with Gasteiger partial charge in [0.2, 0.25) is 5.88 Å². The lowest BCUT2D eigenvalue weighted by Crippen LogP contribution is -2.23. The van der Waals surface area contributed by atoms with Crippen LogP contribution >= 0.6 is 12.2 Å². The lowest BCUT2D eigenvalue weighted by atomic mass is 10.1. The van der Waals surface area contributed by atoms with Crippen molar-refractivity contribution in [2.45, 2.75) is 6.04 Å². The number of aliphatic imine (C=N–C) groups is 1. The van der Waals surface area contributed by atoms with Crippen molar-refractivity contribution in [2.75, 3.05) is 27.7 Å². The number of hydrogen-bond acceptors (Lipinski definition) is 6. The number of nitrogens with one attached hydrogen (secondary N) is 2. The molecule has 1 unspecified atom stereocenters. The standard InChI is InChI=1S/C16H20N4O3S/c1-20(2)13(10-4-6-11(23-3)7-5-10)9-17-8-12-14(21)18-16(24)19-15(12)22/h4-8,13H,9H2,1-3H3,(H3,18,19,21,22,24). The first-order chi connectivity index (χ1) is 11.4. The van der Waals surface area contributed by atoms with Crippen LogP contribution in [-0.2, 0) is 0 Å². The van der Waals surface area contributed by atoms with E-state index in [0.717, 1.165) is 11.3 Å². The molecule has 0 radical (unpaired) electrons. The first kappa shape index (κ1) is 17.9. The summed E-state index contributed by atoms with van der Waals surface area (Å²) in [5.74, 6) is 0.495. The molecular weight excluding hydrogens is 328 g/mol. The molecule has 1 aromatic carbocycles. The highest BCUT2D eigenvalue weighted by atomic mass is 32.1. The zero-order valence-electron chi connectivity index (χ0n) is 13.7. The third kappa shape index (κ3) is 4.30. The highest BCUT2D eigenvalue weighted by Gasteiger charge is 2.13. The van der Waals surface area contributed by atoms with Gasteiger partial charge >= 0.3 is 0 Å². The van der Waals surface area contributed by atoms with Crippen LogP contribution in [-0.4, -0.2) is 53.9 Å². The second-order valence-corrected chi connectivity index (χ2v) is 5.83. The van der Waals surface area contributed by atoms with E-state index in [0.29, 0.717) is 6.54 Å². The predicted molar refractivity (Wildman–Crippen MR) is 95.8 cm³/mol. The molecule has 3 N–H and O–H groups in total. The summed E-state index contributed by atoms with van der Waals surface area (Å²) in [6.07, 6.45) is 1.35. The van der Waals surface area contributed by atoms with Crippen LogP contribution in [0.25, 0.3) is 0 Å². The van der Waals surface area contributed by atoms with E-state index in [2.05, 4.69) is 15.0 Å². The fourth-order valence-electron chi connectivity index (χ4n) is 2.24. The highest BCUT2D eigenvalue weighted by molar-refractivity contribution is 7.71. The Kier molecular flexibility index (Phi) is 5.88. The summed E-state index contributed by atoms with van der Waals surface area (Å²) in [6.45, 7) is 0.424. The van der Waals surface area contributed by atoms with Gasteiger partial charge in [0.25, 0.3) is 5.56 Å². The molecule has 0 aliphatic carbocycles. The van der Waals surface area contributed by atoms with Crippen LogP contribution in [0.5, 0.6) is 11.6 Å². The molecule has 0 aliphatic rings. The summed E-state index contributed by atoms with van der Waals surface area (Å²) >= 11 is 4.79. The fraction of sp³-hybridized carbons (Fsp3) is 0.312. The molecule has 2 aromatic rings. The number of likely N-dealkylation sites (N-methyl/N-ethyl adjacent to an activating group) is 1. The van der Waals surface area contributed by atoms with Gasteiger partial charge in [0.15, 0.2) is 4.77 Å². The maximum atomic E-state index is 11.8. The molecule has 24 heavy (non-hydrogen) atoms. The van der Waals surface area contributed by atoms with E-state index in [1.54, 1.807) is 7.11 Å². The number of ether oxygens (including phenoxy) is 1. The van der Waals surface area contributed by atoms with Gasteiger partial charge in [-0.15, -0.1) is 0 Å². The van der Waals surface area contributed by atoms with E-state index in [-0.39, 0.29) is 22.3 Å². The molecule has 1 atom stereocenters. The minimum Gasteiger partial charge on any atom is -0.497 e. The predicted octanol–water partition coefficient (Wildman–Crippen LogP) is 1.87. The van der Waals surface area contributed by atoms with Crippen LogP contribution in [0.15, 0.2) is 34.1 Å². The van der Waals surface area contributed by atoms with E-state index in [9.17, 15) is 9.90 Å². The Morgan fingerprint density at radius 3 is 2.54 bits per heavy atom. The third-order valence-electron chi connectivity index (χ3n) is 3.58. The first-order valence-corrected chi connectivity index (χ1v) is 7.69. The quantitative estimate of drug-likeness (QED) is 0.547. The Morgan fingerprint density at radius 1 is 1.33 bits per heavy atom. The maximum absolute atomic E-state index is 11.8. The van der Waals surface area contributed by atoms with Crippen molar-refractivity contribution in [3.05, 3.63) is 50.5 Å². The summed E-state index contributed by atoms with van der Waals surface area (Å²) in [6, 6.07) is 7.76. The van der Waals surface area contributed by atoms with E-state index in [1.165, 1.54) is 6.21 Å². The molecule has 1 aromatic heterocycles. The molecular formula is C16H20N4O3S. The zero-order valence-corrected chi connectivity index (χ0v) is 14.6. The van der Waals surface area contributed by atoms with Crippen molar-refractivity contribution in [2.24, 2.45) is 4.99 Å². The van der Waals surface area contributed by atoms with Crippen LogP contribution in [0.2, 0.25) is 0 Å². The van der Waals surface area contributed by atoms with Gasteiger partial charge in [-0.2, -0.15) is 0 Å². The lowest BCUT2D eigenvalue weighted by Gasteiger charge is -2.23. The van der Waals surface area contributed by atoms with Gasteiger partial charge in [0.1, 0.15) is 11.3 Å². The van der Waals surface area contributed by atoms with Gasteiger partial charge in [-0.1, -0.05) is 12.1 Å². The number of hydrogen-bond donors (Lipinski definition) is 3. The molecule has 2 rings (SSSR count). The maximum Gasteiger partial charge on any atom is 0.264 e.